The molecule has 2 aromatic carbocycles. The Bertz CT molecular complexity index is 1240. The topological polar surface area (TPSA) is 87.1 Å². The van der Waals surface area contributed by atoms with Crippen molar-refractivity contribution in [2.75, 3.05) is 19.6 Å². The summed E-state index contributed by atoms with van der Waals surface area (Å²) in [5, 5.41) is 10.3. The van der Waals surface area contributed by atoms with Crippen molar-refractivity contribution in [2.45, 2.75) is 85.5 Å². The summed E-state index contributed by atoms with van der Waals surface area (Å²) in [6.45, 7) is 13.5. The molecule has 1 atom stereocenters. The first-order valence-electron chi connectivity index (χ1n) is 13.6. The van der Waals surface area contributed by atoms with E-state index in [2.05, 4.69) is 0 Å². The third-order valence-corrected chi connectivity index (χ3v) is 7.71. The zero-order valence-electron chi connectivity index (χ0n) is 23.5. The number of ether oxygens (including phenoxy) is 1. The Morgan fingerprint density at radius 1 is 0.842 bits per heavy atom. The first kappa shape index (κ1) is 27.8. The van der Waals surface area contributed by atoms with Crippen LogP contribution < -0.4 is 0 Å². The molecule has 2 aromatic rings. The highest BCUT2D eigenvalue weighted by Gasteiger charge is 2.36. The normalized spacial score (nSPS) is 16.7. The van der Waals surface area contributed by atoms with Crippen molar-refractivity contribution in [3.63, 3.8) is 0 Å². The fraction of sp³-hybridized carbons (Fsp3) is 0.516. The quantitative estimate of drug-likeness (QED) is 0.566. The maximum Gasteiger partial charge on any atom is 0.337 e. The van der Waals surface area contributed by atoms with Crippen molar-refractivity contribution in [3.8, 4) is 11.1 Å². The molecule has 7 nitrogen and oxygen atoms in total. The van der Waals surface area contributed by atoms with E-state index in [1.807, 2.05) is 65.8 Å². The summed E-state index contributed by atoms with van der Waals surface area (Å²) < 4.78 is 6.15. The number of carbonyl (C=O) groups excluding carboxylic acids is 2. The minimum atomic E-state index is -1.18. The van der Waals surface area contributed by atoms with Gasteiger partial charge in [-0.05, 0) is 101 Å². The van der Waals surface area contributed by atoms with E-state index in [9.17, 15) is 19.5 Å². The fourth-order valence-corrected chi connectivity index (χ4v) is 5.77. The smallest absolute Gasteiger partial charge is 0.337 e. The van der Waals surface area contributed by atoms with Crippen molar-refractivity contribution in [1.82, 2.24) is 9.80 Å². The molecule has 1 unspecified atom stereocenters. The fourth-order valence-electron chi connectivity index (χ4n) is 5.77. The van der Waals surface area contributed by atoms with Crippen LogP contribution >= 0.6 is 0 Å². The van der Waals surface area contributed by atoms with Crippen molar-refractivity contribution in [1.29, 1.82) is 0 Å². The number of aryl methyl sites for hydroxylation is 1. The highest BCUT2D eigenvalue weighted by Crippen LogP contribution is 2.42. The molecule has 0 bridgehead atoms. The van der Waals surface area contributed by atoms with E-state index in [1.165, 1.54) is 0 Å². The largest absolute Gasteiger partial charge is 0.479 e. The average Bonchev–Trinajstić information content (AvgIpc) is 2.88. The van der Waals surface area contributed by atoms with E-state index in [-0.39, 0.29) is 6.54 Å². The number of carboxylic acid groups (broad SMARTS) is 1. The second-order valence-electron chi connectivity index (χ2n) is 11.6. The number of piperidine rings is 1. The van der Waals surface area contributed by atoms with Gasteiger partial charge in [0.2, 0.25) is 0 Å². The molecule has 0 aliphatic carbocycles. The molecule has 204 valence electrons. The van der Waals surface area contributed by atoms with E-state index in [0.717, 1.165) is 58.2 Å². The van der Waals surface area contributed by atoms with Gasteiger partial charge in [-0.1, -0.05) is 29.8 Å². The van der Waals surface area contributed by atoms with E-state index in [0.29, 0.717) is 31.6 Å². The van der Waals surface area contributed by atoms with Gasteiger partial charge < -0.3 is 19.6 Å². The Balaban J connectivity index is 1.82. The number of nitrogens with zero attached hydrogens (tertiary/aromatic N) is 2. The summed E-state index contributed by atoms with van der Waals surface area (Å²) in [5.74, 6) is -1.96. The van der Waals surface area contributed by atoms with E-state index in [4.69, 9.17) is 4.74 Å². The monoisotopic (exact) mass is 520 g/mol. The van der Waals surface area contributed by atoms with Gasteiger partial charge >= 0.3 is 17.8 Å². The summed E-state index contributed by atoms with van der Waals surface area (Å²) in [6.07, 6.45) is 2.36. The standard InChI is InChI=1S/C31H40N2O5/c1-19-10-12-22(13-11-19)25-20(2)23-14-17-33(29(35)28(34)32-15-8-7-9-16-32)18-24(23)21(3)26(25)27(30(36)37)38-31(4,5)6/h10-13,27H,7-9,14-18H2,1-6H3,(H,36,37). The predicted molar refractivity (Wildman–Crippen MR) is 147 cm³/mol. The van der Waals surface area contributed by atoms with Crippen LogP contribution in [0.2, 0.25) is 0 Å². The van der Waals surface area contributed by atoms with Crippen molar-refractivity contribution in [3.05, 3.63) is 57.6 Å². The maximum absolute atomic E-state index is 13.3. The van der Waals surface area contributed by atoms with Gasteiger partial charge in [-0.2, -0.15) is 0 Å². The van der Waals surface area contributed by atoms with Gasteiger partial charge in [0.15, 0.2) is 6.10 Å². The molecule has 0 radical (unpaired) electrons. The van der Waals surface area contributed by atoms with Crippen LogP contribution in [0.1, 0.15) is 79.5 Å². The predicted octanol–water partition coefficient (Wildman–Crippen LogP) is 5.12. The number of hydrogen-bond acceptors (Lipinski definition) is 4. The SMILES string of the molecule is Cc1ccc(-c2c(C)c3c(c(C)c2C(OC(C)(C)C)C(=O)O)CN(C(=O)C(=O)N2CCCCC2)CC3)cc1. The highest BCUT2D eigenvalue weighted by molar-refractivity contribution is 6.34. The Morgan fingerprint density at radius 2 is 1.45 bits per heavy atom. The first-order valence-corrected chi connectivity index (χ1v) is 13.6. The molecule has 38 heavy (non-hydrogen) atoms. The summed E-state index contributed by atoms with van der Waals surface area (Å²) in [4.78, 5) is 42.2. The molecule has 0 spiro atoms. The maximum atomic E-state index is 13.3. The van der Waals surface area contributed by atoms with Crippen molar-refractivity contribution >= 4 is 17.8 Å². The summed E-state index contributed by atoms with van der Waals surface area (Å²) in [5.41, 5.74) is 6.72. The number of amides is 2. The van der Waals surface area contributed by atoms with Gasteiger partial charge in [-0.3, -0.25) is 9.59 Å². The van der Waals surface area contributed by atoms with Crippen LogP contribution in [-0.4, -0.2) is 57.9 Å². The summed E-state index contributed by atoms with van der Waals surface area (Å²) >= 11 is 0. The summed E-state index contributed by atoms with van der Waals surface area (Å²) in [6, 6.07) is 8.11. The summed E-state index contributed by atoms with van der Waals surface area (Å²) in [7, 11) is 0. The van der Waals surface area contributed by atoms with Gasteiger partial charge in [-0.25, -0.2) is 4.79 Å². The molecular weight excluding hydrogens is 480 g/mol. The minimum Gasteiger partial charge on any atom is -0.479 e. The van der Waals surface area contributed by atoms with Crippen molar-refractivity contribution in [2.24, 2.45) is 0 Å². The van der Waals surface area contributed by atoms with Gasteiger partial charge in [0.1, 0.15) is 0 Å². The second-order valence-corrected chi connectivity index (χ2v) is 11.6. The Hall–Kier alpha value is -3.19. The lowest BCUT2D eigenvalue weighted by Crippen LogP contribution is -2.48. The van der Waals surface area contributed by atoms with Crippen LogP contribution in [-0.2, 0) is 32.1 Å². The number of carboxylic acids is 1. The molecule has 2 heterocycles. The molecule has 0 aromatic heterocycles. The van der Waals surface area contributed by atoms with E-state index >= 15 is 0 Å². The number of fused-ring (bicyclic) bond motifs is 1. The molecule has 1 fully saturated rings. The Labute approximate surface area is 225 Å². The zero-order chi connectivity index (χ0) is 27.8. The van der Waals surface area contributed by atoms with Crippen molar-refractivity contribution < 1.29 is 24.2 Å². The van der Waals surface area contributed by atoms with E-state index in [1.54, 1.807) is 9.80 Å². The molecule has 4 rings (SSSR count). The number of benzene rings is 2. The molecule has 1 saturated heterocycles. The lowest BCUT2D eigenvalue weighted by atomic mass is 9.80. The van der Waals surface area contributed by atoms with Crippen LogP contribution in [0.15, 0.2) is 24.3 Å². The molecular formula is C31H40N2O5. The number of likely N-dealkylation sites (tertiary alicyclic amines) is 1. The van der Waals surface area contributed by atoms with Crippen LogP contribution in [0, 0.1) is 20.8 Å². The third kappa shape index (κ3) is 5.63. The highest BCUT2D eigenvalue weighted by atomic mass is 16.5. The molecule has 2 aliphatic rings. The van der Waals surface area contributed by atoms with Gasteiger partial charge in [0.05, 0.1) is 5.60 Å². The lowest BCUT2D eigenvalue weighted by molar-refractivity contribution is -0.160. The lowest BCUT2D eigenvalue weighted by Gasteiger charge is -2.36. The number of rotatable bonds is 4. The van der Waals surface area contributed by atoms with E-state index < -0.39 is 29.5 Å². The van der Waals surface area contributed by atoms with Crippen LogP contribution in [0.5, 0.6) is 0 Å². The molecule has 1 N–H and O–H groups in total. The molecule has 2 aliphatic heterocycles. The number of aliphatic carboxylic acids is 1. The number of carbonyl (C=O) groups is 3. The molecule has 0 saturated carbocycles. The van der Waals surface area contributed by atoms with Gasteiger partial charge in [0, 0.05) is 31.7 Å². The van der Waals surface area contributed by atoms with Gasteiger partial charge in [0.25, 0.3) is 0 Å². The minimum absolute atomic E-state index is 0.281. The zero-order valence-corrected chi connectivity index (χ0v) is 23.5. The van der Waals surface area contributed by atoms with Crippen LogP contribution in [0.25, 0.3) is 11.1 Å². The number of hydrogen-bond donors (Lipinski definition) is 1. The molecule has 7 heteroatoms. The Morgan fingerprint density at radius 3 is 2.03 bits per heavy atom. The third-order valence-electron chi connectivity index (χ3n) is 7.71. The van der Waals surface area contributed by atoms with Crippen LogP contribution in [0.4, 0.5) is 0 Å². The van der Waals surface area contributed by atoms with Gasteiger partial charge in [-0.15, -0.1) is 0 Å². The average molecular weight is 521 g/mol. The Kier molecular flexibility index (Phi) is 7.98. The first-order chi connectivity index (χ1) is 17.9. The molecule has 2 amide bonds. The van der Waals surface area contributed by atoms with Crippen LogP contribution in [0.3, 0.4) is 0 Å². The second kappa shape index (κ2) is 10.9.